The number of thioether (sulfide) groups is 1. The first-order valence-corrected chi connectivity index (χ1v) is 9.36. The fraction of sp³-hybridized carbons (Fsp3) is 0.611. The zero-order chi connectivity index (χ0) is 15.7. The SMILES string of the molecule is Cc1ccc(C(NC(=O)N2CCSC(C)C2C)C2CC2)cc1. The van der Waals surface area contributed by atoms with Crippen molar-refractivity contribution in [2.45, 2.75) is 50.9 Å². The monoisotopic (exact) mass is 318 g/mol. The molecule has 1 saturated carbocycles. The number of amides is 2. The summed E-state index contributed by atoms with van der Waals surface area (Å²) < 4.78 is 0. The van der Waals surface area contributed by atoms with Crippen LogP contribution >= 0.6 is 11.8 Å². The van der Waals surface area contributed by atoms with E-state index in [-0.39, 0.29) is 12.1 Å². The summed E-state index contributed by atoms with van der Waals surface area (Å²) in [4.78, 5) is 14.8. The number of urea groups is 1. The number of hydrogen-bond acceptors (Lipinski definition) is 2. The molecule has 2 aliphatic rings. The van der Waals surface area contributed by atoms with Gasteiger partial charge >= 0.3 is 6.03 Å². The molecule has 120 valence electrons. The molecule has 22 heavy (non-hydrogen) atoms. The second-order valence-electron chi connectivity index (χ2n) is 6.69. The van der Waals surface area contributed by atoms with Gasteiger partial charge in [-0.15, -0.1) is 0 Å². The van der Waals surface area contributed by atoms with Crippen molar-refractivity contribution in [1.82, 2.24) is 10.2 Å². The number of hydrogen-bond donors (Lipinski definition) is 1. The fourth-order valence-corrected chi connectivity index (χ4v) is 4.21. The smallest absolute Gasteiger partial charge is 0.318 e. The van der Waals surface area contributed by atoms with Crippen molar-refractivity contribution < 1.29 is 4.79 Å². The lowest BCUT2D eigenvalue weighted by Crippen LogP contribution is -2.52. The minimum absolute atomic E-state index is 0.108. The Balaban J connectivity index is 1.71. The lowest BCUT2D eigenvalue weighted by atomic mass is 10.0. The molecule has 1 aliphatic carbocycles. The van der Waals surface area contributed by atoms with Crippen LogP contribution in [0.1, 0.15) is 43.9 Å². The van der Waals surface area contributed by atoms with Crippen LogP contribution in [0.4, 0.5) is 4.79 Å². The summed E-state index contributed by atoms with van der Waals surface area (Å²) in [7, 11) is 0. The molecular formula is C18H26N2OS. The first-order chi connectivity index (χ1) is 10.6. The van der Waals surface area contributed by atoms with Gasteiger partial charge in [0.15, 0.2) is 0 Å². The Kier molecular flexibility index (Phi) is 4.67. The minimum atomic E-state index is 0.108. The maximum Gasteiger partial charge on any atom is 0.318 e. The molecule has 1 aromatic rings. The van der Waals surface area contributed by atoms with Gasteiger partial charge in [-0.1, -0.05) is 36.8 Å². The van der Waals surface area contributed by atoms with Crippen LogP contribution in [-0.4, -0.2) is 34.5 Å². The Morgan fingerprint density at radius 3 is 2.59 bits per heavy atom. The van der Waals surface area contributed by atoms with Crippen LogP contribution in [0, 0.1) is 12.8 Å². The maximum atomic E-state index is 12.7. The summed E-state index contributed by atoms with van der Waals surface area (Å²) in [6.07, 6.45) is 2.45. The van der Waals surface area contributed by atoms with Crippen LogP contribution in [0.3, 0.4) is 0 Å². The first-order valence-electron chi connectivity index (χ1n) is 8.31. The van der Waals surface area contributed by atoms with Crippen molar-refractivity contribution in [2.24, 2.45) is 5.92 Å². The average Bonchev–Trinajstić information content (AvgIpc) is 3.33. The molecule has 3 nitrogen and oxygen atoms in total. The molecule has 1 heterocycles. The Morgan fingerprint density at radius 2 is 1.95 bits per heavy atom. The highest BCUT2D eigenvalue weighted by atomic mass is 32.2. The van der Waals surface area contributed by atoms with Crippen molar-refractivity contribution >= 4 is 17.8 Å². The molecular weight excluding hydrogens is 292 g/mol. The summed E-state index contributed by atoms with van der Waals surface area (Å²) in [5.41, 5.74) is 2.51. The number of carbonyl (C=O) groups excluding carboxylic acids is 1. The minimum Gasteiger partial charge on any atom is -0.331 e. The fourth-order valence-electron chi connectivity index (χ4n) is 3.11. The van der Waals surface area contributed by atoms with Crippen molar-refractivity contribution in [3.8, 4) is 0 Å². The summed E-state index contributed by atoms with van der Waals surface area (Å²) in [5.74, 6) is 1.65. The molecule has 1 saturated heterocycles. The van der Waals surface area contributed by atoms with Gasteiger partial charge in [0.05, 0.1) is 6.04 Å². The van der Waals surface area contributed by atoms with Gasteiger partial charge < -0.3 is 10.2 Å². The van der Waals surface area contributed by atoms with Gasteiger partial charge in [-0.25, -0.2) is 4.79 Å². The van der Waals surface area contributed by atoms with Crippen LogP contribution in [0.15, 0.2) is 24.3 Å². The largest absolute Gasteiger partial charge is 0.331 e. The van der Waals surface area contributed by atoms with Gasteiger partial charge in [0, 0.05) is 23.6 Å². The van der Waals surface area contributed by atoms with E-state index in [1.807, 2.05) is 16.7 Å². The van der Waals surface area contributed by atoms with E-state index in [0.717, 1.165) is 12.3 Å². The van der Waals surface area contributed by atoms with Gasteiger partial charge in [-0.2, -0.15) is 11.8 Å². The quantitative estimate of drug-likeness (QED) is 0.914. The molecule has 1 aromatic carbocycles. The topological polar surface area (TPSA) is 32.3 Å². The van der Waals surface area contributed by atoms with E-state index in [0.29, 0.717) is 17.2 Å². The van der Waals surface area contributed by atoms with Gasteiger partial charge in [0.2, 0.25) is 0 Å². The predicted molar refractivity (Wildman–Crippen MR) is 93.3 cm³/mol. The van der Waals surface area contributed by atoms with Crippen molar-refractivity contribution in [3.05, 3.63) is 35.4 Å². The number of benzene rings is 1. The molecule has 3 unspecified atom stereocenters. The van der Waals surface area contributed by atoms with Gasteiger partial charge in [-0.3, -0.25) is 0 Å². The lowest BCUT2D eigenvalue weighted by Gasteiger charge is -2.38. The second kappa shape index (κ2) is 6.53. The molecule has 2 amide bonds. The number of nitrogens with zero attached hydrogens (tertiary/aromatic N) is 1. The second-order valence-corrected chi connectivity index (χ2v) is 8.17. The van der Waals surface area contributed by atoms with Gasteiger partial charge in [-0.05, 0) is 38.2 Å². The third kappa shape index (κ3) is 3.43. The van der Waals surface area contributed by atoms with Crippen LogP contribution in [0.5, 0.6) is 0 Å². The van der Waals surface area contributed by atoms with E-state index in [2.05, 4.69) is 50.4 Å². The van der Waals surface area contributed by atoms with Crippen LogP contribution in [-0.2, 0) is 0 Å². The zero-order valence-electron chi connectivity index (χ0n) is 13.7. The molecule has 1 aliphatic heterocycles. The lowest BCUT2D eigenvalue weighted by molar-refractivity contribution is 0.175. The van der Waals surface area contributed by atoms with E-state index in [1.54, 1.807) is 0 Å². The highest BCUT2D eigenvalue weighted by Gasteiger charge is 2.36. The van der Waals surface area contributed by atoms with E-state index >= 15 is 0 Å². The highest BCUT2D eigenvalue weighted by Crippen LogP contribution is 2.41. The van der Waals surface area contributed by atoms with Crippen molar-refractivity contribution in [3.63, 3.8) is 0 Å². The Hall–Kier alpha value is -1.16. The maximum absolute atomic E-state index is 12.7. The predicted octanol–water partition coefficient (Wildman–Crippen LogP) is 3.98. The summed E-state index contributed by atoms with van der Waals surface area (Å²) in [5, 5.41) is 3.83. The molecule has 0 bridgehead atoms. The summed E-state index contributed by atoms with van der Waals surface area (Å²) in [6.45, 7) is 7.33. The number of rotatable bonds is 3. The van der Waals surface area contributed by atoms with Crippen LogP contribution < -0.4 is 5.32 Å². The van der Waals surface area contributed by atoms with E-state index < -0.39 is 0 Å². The van der Waals surface area contributed by atoms with Gasteiger partial charge in [0.1, 0.15) is 0 Å². The van der Waals surface area contributed by atoms with Crippen molar-refractivity contribution in [2.75, 3.05) is 12.3 Å². The molecule has 1 N–H and O–H groups in total. The molecule has 2 fully saturated rings. The standard InChI is InChI=1S/C18H26N2OS/c1-12-4-6-15(7-5-12)17(16-8-9-16)19-18(21)20-10-11-22-14(3)13(20)2/h4-7,13-14,16-17H,8-11H2,1-3H3,(H,19,21). The van der Waals surface area contributed by atoms with Crippen LogP contribution in [0.2, 0.25) is 0 Å². The molecule has 4 heteroatoms. The molecule has 0 aromatic heterocycles. The zero-order valence-corrected chi connectivity index (χ0v) is 14.5. The van der Waals surface area contributed by atoms with E-state index in [4.69, 9.17) is 0 Å². The summed E-state index contributed by atoms with van der Waals surface area (Å²) >= 11 is 1.96. The Bertz CT molecular complexity index is 526. The summed E-state index contributed by atoms with van der Waals surface area (Å²) in [6, 6.07) is 9.19. The van der Waals surface area contributed by atoms with Gasteiger partial charge in [0.25, 0.3) is 0 Å². The van der Waals surface area contributed by atoms with E-state index in [1.165, 1.54) is 24.0 Å². The average molecular weight is 318 g/mol. The molecule has 3 rings (SSSR count). The number of nitrogens with one attached hydrogen (secondary N) is 1. The molecule has 3 atom stereocenters. The number of carbonyl (C=O) groups is 1. The Morgan fingerprint density at radius 1 is 1.27 bits per heavy atom. The number of aryl methyl sites for hydroxylation is 1. The molecule has 0 spiro atoms. The normalized spacial score (nSPS) is 26.6. The third-order valence-electron chi connectivity index (χ3n) is 4.95. The highest BCUT2D eigenvalue weighted by molar-refractivity contribution is 8.00. The molecule has 0 radical (unpaired) electrons. The van der Waals surface area contributed by atoms with Crippen LogP contribution in [0.25, 0.3) is 0 Å². The Labute approximate surface area is 137 Å². The first kappa shape index (κ1) is 15.7. The third-order valence-corrected chi connectivity index (χ3v) is 6.29. The van der Waals surface area contributed by atoms with Crippen molar-refractivity contribution in [1.29, 1.82) is 0 Å². The van der Waals surface area contributed by atoms with E-state index in [9.17, 15) is 4.79 Å².